The second kappa shape index (κ2) is 6.04. The van der Waals surface area contributed by atoms with Gasteiger partial charge in [0.1, 0.15) is 11.6 Å². The van der Waals surface area contributed by atoms with E-state index in [2.05, 4.69) is 4.98 Å². The first kappa shape index (κ1) is 17.0. The lowest BCUT2D eigenvalue weighted by Gasteiger charge is -2.18. The van der Waals surface area contributed by atoms with E-state index in [0.29, 0.717) is 10.5 Å². The summed E-state index contributed by atoms with van der Waals surface area (Å²) < 4.78 is 50.6. The van der Waals surface area contributed by atoms with Crippen LogP contribution in [0.4, 0.5) is 29.1 Å². The number of carbonyl (C=O) groups is 1. The molecule has 0 spiro atoms. The molecule has 0 bridgehead atoms. The van der Waals surface area contributed by atoms with E-state index < -0.39 is 17.9 Å². The van der Waals surface area contributed by atoms with Crippen molar-refractivity contribution >= 4 is 29.0 Å². The quantitative estimate of drug-likeness (QED) is 0.666. The number of nitrogens with zero attached hydrogens (tertiary/aromatic N) is 2. The van der Waals surface area contributed by atoms with Gasteiger partial charge in [-0.25, -0.2) is 9.37 Å². The van der Waals surface area contributed by atoms with Crippen LogP contribution in [-0.2, 0) is 4.79 Å². The molecule has 0 saturated heterocycles. The van der Waals surface area contributed by atoms with Crippen LogP contribution in [0.25, 0.3) is 11.1 Å². The Morgan fingerprint density at radius 3 is 2.48 bits per heavy atom. The molecular formula is C14H10ClF4N3O. The highest BCUT2D eigenvalue weighted by Crippen LogP contribution is 2.32. The van der Waals surface area contributed by atoms with Crippen molar-refractivity contribution in [1.29, 1.82) is 0 Å². The second-order valence-electron chi connectivity index (χ2n) is 4.62. The van der Waals surface area contributed by atoms with Crippen LogP contribution >= 0.6 is 11.6 Å². The smallest absolute Gasteiger partial charge is 0.396 e. The van der Waals surface area contributed by atoms with Gasteiger partial charge in [-0.05, 0) is 24.3 Å². The molecule has 0 radical (unpaired) electrons. The van der Waals surface area contributed by atoms with Crippen molar-refractivity contribution in [3.05, 3.63) is 41.3 Å². The second-order valence-corrected chi connectivity index (χ2v) is 5.03. The lowest BCUT2D eigenvalue weighted by atomic mass is 10.1. The number of hydrogen-bond acceptors (Lipinski definition) is 3. The average Bonchev–Trinajstić information content (AvgIpc) is 2.49. The van der Waals surface area contributed by atoms with Gasteiger partial charge in [0, 0.05) is 24.4 Å². The fraction of sp³-hybridized carbons (Fsp3) is 0.143. The largest absolute Gasteiger partial charge is 0.471 e. The standard InChI is InChI=1S/C14H10ClF4N3O/c1-22(13(23)14(17,18)19)12-3-2-7(6-21-12)8-4-10(16)11(20)5-9(8)15/h2-6H,20H2,1H3. The van der Waals surface area contributed by atoms with Crippen molar-refractivity contribution in [2.24, 2.45) is 0 Å². The average molecular weight is 348 g/mol. The Morgan fingerprint density at radius 1 is 1.30 bits per heavy atom. The Morgan fingerprint density at radius 2 is 1.96 bits per heavy atom. The molecule has 0 aliphatic rings. The minimum Gasteiger partial charge on any atom is -0.396 e. The van der Waals surface area contributed by atoms with Gasteiger partial charge in [0.2, 0.25) is 0 Å². The summed E-state index contributed by atoms with van der Waals surface area (Å²) in [5.74, 6) is -2.93. The van der Waals surface area contributed by atoms with Gasteiger partial charge >= 0.3 is 12.1 Å². The number of amides is 1. The molecule has 1 aromatic heterocycles. The normalized spacial score (nSPS) is 11.4. The summed E-state index contributed by atoms with van der Waals surface area (Å²) in [5.41, 5.74) is 5.90. The first-order valence-electron chi connectivity index (χ1n) is 6.17. The zero-order chi connectivity index (χ0) is 17.4. The third-order valence-corrected chi connectivity index (χ3v) is 3.35. The van der Waals surface area contributed by atoms with E-state index >= 15 is 0 Å². The minimum atomic E-state index is -5.00. The van der Waals surface area contributed by atoms with Crippen LogP contribution in [0.2, 0.25) is 5.02 Å². The summed E-state index contributed by atoms with van der Waals surface area (Å²) in [7, 11) is 0.952. The molecule has 1 heterocycles. The first-order chi connectivity index (χ1) is 10.6. The predicted octanol–water partition coefficient (Wildman–Crippen LogP) is 3.65. The minimum absolute atomic E-state index is 0.126. The lowest BCUT2D eigenvalue weighted by molar-refractivity contribution is -0.170. The van der Waals surface area contributed by atoms with E-state index in [0.717, 1.165) is 13.1 Å². The molecule has 1 amide bonds. The van der Waals surface area contributed by atoms with Gasteiger partial charge in [0.25, 0.3) is 0 Å². The molecule has 23 heavy (non-hydrogen) atoms. The van der Waals surface area contributed by atoms with E-state index in [9.17, 15) is 22.4 Å². The van der Waals surface area contributed by atoms with Crippen molar-refractivity contribution in [3.63, 3.8) is 0 Å². The van der Waals surface area contributed by atoms with Crippen LogP contribution in [0.5, 0.6) is 0 Å². The molecule has 0 unspecified atom stereocenters. The number of rotatable bonds is 2. The van der Waals surface area contributed by atoms with E-state index in [1.165, 1.54) is 24.4 Å². The van der Waals surface area contributed by atoms with Gasteiger partial charge in [0.05, 0.1) is 10.7 Å². The van der Waals surface area contributed by atoms with Gasteiger partial charge in [0.15, 0.2) is 0 Å². The fourth-order valence-corrected chi connectivity index (χ4v) is 2.10. The van der Waals surface area contributed by atoms with Crippen LogP contribution in [-0.4, -0.2) is 24.1 Å². The van der Waals surface area contributed by atoms with Gasteiger partial charge in [-0.15, -0.1) is 0 Å². The molecular weight excluding hydrogens is 338 g/mol. The molecule has 4 nitrogen and oxygen atoms in total. The monoisotopic (exact) mass is 347 g/mol. The molecule has 2 aromatic rings. The molecule has 0 aliphatic carbocycles. The van der Waals surface area contributed by atoms with Gasteiger partial charge in [-0.3, -0.25) is 9.69 Å². The third kappa shape index (κ3) is 3.53. The maximum atomic E-state index is 13.5. The number of pyridine rings is 1. The summed E-state index contributed by atoms with van der Waals surface area (Å²) in [4.78, 5) is 15.3. The van der Waals surface area contributed by atoms with Crippen LogP contribution < -0.4 is 10.6 Å². The number of aromatic nitrogens is 1. The summed E-state index contributed by atoms with van der Waals surface area (Å²) >= 11 is 5.96. The van der Waals surface area contributed by atoms with Crippen molar-refractivity contribution in [1.82, 2.24) is 4.98 Å². The zero-order valence-corrected chi connectivity index (χ0v) is 12.4. The summed E-state index contributed by atoms with van der Waals surface area (Å²) in [6.07, 6.45) is -3.81. The molecule has 9 heteroatoms. The van der Waals surface area contributed by atoms with E-state index in [4.69, 9.17) is 17.3 Å². The molecule has 0 atom stereocenters. The van der Waals surface area contributed by atoms with Crippen LogP contribution in [0, 0.1) is 5.82 Å². The van der Waals surface area contributed by atoms with Gasteiger partial charge in [-0.1, -0.05) is 11.6 Å². The number of halogens is 5. The van der Waals surface area contributed by atoms with Crippen LogP contribution in [0.1, 0.15) is 0 Å². The lowest BCUT2D eigenvalue weighted by Crippen LogP contribution is -2.38. The van der Waals surface area contributed by atoms with Crippen molar-refractivity contribution < 1.29 is 22.4 Å². The number of hydrogen-bond donors (Lipinski definition) is 1. The number of carbonyl (C=O) groups excluding carboxylic acids is 1. The number of nitrogen functional groups attached to an aromatic ring is 1. The molecule has 0 fully saturated rings. The highest BCUT2D eigenvalue weighted by Gasteiger charge is 2.42. The number of anilines is 2. The zero-order valence-electron chi connectivity index (χ0n) is 11.7. The van der Waals surface area contributed by atoms with Crippen LogP contribution in [0.3, 0.4) is 0 Å². The Hall–Kier alpha value is -2.35. The van der Waals surface area contributed by atoms with E-state index in [-0.39, 0.29) is 22.1 Å². The van der Waals surface area contributed by atoms with E-state index in [1.807, 2.05) is 0 Å². The van der Waals surface area contributed by atoms with Gasteiger partial charge in [-0.2, -0.15) is 13.2 Å². The molecule has 0 saturated carbocycles. The highest BCUT2D eigenvalue weighted by atomic mass is 35.5. The highest BCUT2D eigenvalue weighted by molar-refractivity contribution is 6.33. The Kier molecular flexibility index (Phi) is 4.46. The Balaban J connectivity index is 2.34. The first-order valence-corrected chi connectivity index (χ1v) is 6.55. The maximum absolute atomic E-state index is 13.5. The number of benzene rings is 1. The van der Waals surface area contributed by atoms with Crippen molar-refractivity contribution in [2.75, 3.05) is 17.7 Å². The predicted molar refractivity (Wildman–Crippen MR) is 78.5 cm³/mol. The topological polar surface area (TPSA) is 59.2 Å². The maximum Gasteiger partial charge on any atom is 0.471 e. The summed E-state index contributed by atoms with van der Waals surface area (Å²) in [6, 6.07) is 4.89. The third-order valence-electron chi connectivity index (χ3n) is 3.04. The summed E-state index contributed by atoms with van der Waals surface area (Å²) in [6.45, 7) is 0. The molecule has 0 aliphatic heterocycles. The SMILES string of the molecule is CN(C(=O)C(F)(F)F)c1ccc(-c2cc(F)c(N)cc2Cl)cn1. The van der Waals surface area contributed by atoms with Crippen LogP contribution in [0.15, 0.2) is 30.5 Å². The molecule has 2 N–H and O–H groups in total. The Labute approximate surface area is 133 Å². The molecule has 1 aromatic carbocycles. The van der Waals surface area contributed by atoms with E-state index in [1.54, 1.807) is 0 Å². The number of nitrogens with two attached hydrogens (primary N) is 1. The summed E-state index contributed by atoms with van der Waals surface area (Å²) in [5, 5.41) is 0.165. The molecule has 122 valence electrons. The van der Waals surface area contributed by atoms with Crippen molar-refractivity contribution in [3.8, 4) is 11.1 Å². The van der Waals surface area contributed by atoms with Crippen molar-refractivity contribution in [2.45, 2.75) is 6.18 Å². The van der Waals surface area contributed by atoms with Gasteiger partial charge < -0.3 is 5.73 Å². The Bertz CT molecular complexity index is 747. The fourth-order valence-electron chi connectivity index (χ4n) is 1.82. The molecule has 2 rings (SSSR count). The number of alkyl halides is 3.